The number of nitrogens with one attached hydrogen (secondary N) is 2. The first kappa shape index (κ1) is 19.8. The third kappa shape index (κ3) is 3.73. The van der Waals surface area contributed by atoms with E-state index in [2.05, 4.69) is 20.7 Å². The minimum absolute atomic E-state index is 0.00842. The van der Waals surface area contributed by atoms with Crippen LogP contribution in [-0.4, -0.2) is 32.8 Å². The predicted octanol–water partition coefficient (Wildman–Crippen LogP) is 3.37. The number of rotatable bonds is 4. The smallest absolute Gasteiger partial charge is 0.254 e. The molecule has 2 atom stereocenters. The molecule has 7 nitrogen and oxygen atoms in total. The maximum absolute atomic E-state index is 15.1. The summed E-state index contributed by atoms with van der Waals surface area (Å²) in [7, 11) is 0. The molecule has 3 aliphatic rings. The summed E-state index contributed by atoms with van der Waals surface area (Å²) in [4.78, 5) is 16.9. The first-order valence-electron chi connectivity index (χ1n) is 10.7. The van der Waals surface area contributed by atoms with Gasteiger partial charge in [0, 0.05) is 36.0 Å². The van der Waals surface area contributed by atoms with Gasteiger partial charge in [0.25, 0.3) is 5.91 Å². The fourth-order valence-electron chi connectivity index (χ4n) is 4.10. The molecule has 0 bridgehead atoms. The van der Waals surface area contributed by atoms with Crippen LogP contribution in [-0.2, 0) is 6.54 Å². The average Bonchev–Trinajstić information content (AvgIpc) is 3.34. The molecule has 2 aliphatic carbocycles. The van der Waals surface area contributed by atoms with Gasteiger partial charge in [0.05, 0.1) is 23.5 Å². The summed E-state index contributed by atoms with van der Waals surface area (Å²) >= 11 is 0. The van der Waals surface area contributed by atoms with Crippen molar-refractivity contribution >= 4 is 11.7 Å². The first-order valence-corrected chi connectivity index (χ1v) is 10.7. The highest BCUT2D eigenvalue weighted by molar-refractivity contribution is 6.04. The van der Waals surface area contributed by atoms with Gasteiger partial charge in [0.2, 0.25) is 0 Å². The largest absolute Gasteiger partial charge is 0.363 e. The Hall–Kier alpha value is -2.48. The second kappa shape index (κ2) is 8.10. The van der Waals surface area contributed by atoms with E-state index in [0.717, 1.165) is 44.1 Å². The van der Waals surface area contributed by atoms with Crippen molar-refractivity contribution in [2.24, 2.45) is 5.73 Å². The van der Waals surface area contributed by atoms with Gasteiger partial charge in [-0.1, -0.05) is 26.7 Å². The van der Waals surface area contributed by atoms with Crippen LogP contribution in [0.3, 0.4) is 0 Å². The molecule has 2 aromatic rings. The number of aromatic nitrogens is 3. The number of amides is 1. The van der Waals surface area contributed by atoms with E-state index < -0.39 is 5.82 Å². The molecule has 29 heavy (non-hydrogen) atoms. The van der Waals surface area contributed by atoms with Crippen LogP contribution in [0.2, 0.25) is 0 Å². The molecule has 0 spiro atoms. The molecule has 2 unspecified atom stereocenters. The Morgan fingerprint density at radius 3 is 2.72 bits per heavy atom. The molecule has 4 N–H and O–H groups in total. The van der Waals surface area contributed by atoms with Crippen LogP contribution in [0.15, 0.2) is 12.4 Å². The van der Waals surface area contributed by atoms with Gasteiger partial charge in [-0.25, -0.2) is 9.37 Å². The van der Waals surface area contributed by atoms with E-state index in [1.165, 1.54) is 0 Å². The van der Waals surface area contributed by atoms with Gasteiger partial charge in [0.1, 0.15) is 0 Å². The molecule has 2 fully saturated rings. The molecular formula is C21H29FN6O. The third-order valence-electron chi connectivity index (χ3n) is 5.83. The number of carbonyl (C=O) groups is 1. The number of hydrogen-bond donors (Lipinski definition) is 3. The fraction of sp³-hybridized carbons (Fsp3) is 0.571. The summed E-state index contributed by atoms with van der Waals surface area (Å²) in [5.74, 6) is -0.562. The van der Waals surface area contributed by atoms with Gasteiger partial charge >= 0.3 is 0 Å². The highest BCUT2D eigenvalue weighted by Crippen LogP contribution is 2.37. The van der Waals surface area contributed by atoms with E-state index in [1.807, 2.05) is 24.7 Å². The van der Waals surface area contributed by atoms with Gasteiger partial charge in [-0.15, -0.1) is 0 Å². The van der Waals surface area contributed by atoms with Crippen molar-refractivity contribution in [2.75, 3.05) is 5.32 Å². The van der Waals surface area contributed by atoms with Gasteiger partial charge in [-0.2, -0.15) is 5.10 Å². The van der Waals surface area contributed by atoms with Crippen molar-refractivity contribution in [2.45, 2.75) is 77.0 Å². The highest BCUT2D eigenvalue weighted by atomic mass is 19.1. The second-order valence-electron chi connectivity index (χ2n) is 7.80. The minimum atomic E-state index is -0.459. The van der Waals surface area contributed by atoms with Crippen molar-refractivity contribution in [3.63, 3.8) is 0 Å². The number of anilines is 1. The molecule has 1 amide bonds. The Kier molecular flexibility index (Phi) is 5.54. The zero-order valence-corrected chi connectivity index (χ0v) is 17.0. The Balaban J connectivity index is 0.000000994. The van der Waals surface area contributed by atoms with Crippen molar-refractivity contribution in [1.29, 1.82) is 0 Å². The van der Waals surface area contributed by atoms with E-state index in [9.17, 15) is 4.79 Å². The van der Waals surface area contributed by atoms with Crippen LogP contribution >= 0.6 is 0 Å². The summed E-state index contributed by atoms with van der Waals surface area (Å²) in [5.41, 5.74) is 8.13. The zero-order chi connectivity index (χ0) is 20.5. The topological polar surface area (TPSA) is 97.9 Å². The van der Waals surface area contributed by atoms with E-state index in [1.54, 1.807) is 6.20 Å². The Labute approximate surface area is 170 Å². The molecule has 0 saturated heterocycles. The molecule has 2 saturated carbocycles. The maximum Gasteiger partial charge on any atom is 0.254 e. The lowest BCUT2D eigenvalue weighted by Crippen LogP contribution is -2.43. The van der Waals surface area contributed by atoms with E-state index in [-0.39, 0.29) is 30.4 Å². The molecule has 3 heterocycles. The van der Waals surface area contributed by atoms with Gasteiger partial charge in [-0.3, -0.25) is 9.48 Å². The minimum Gasteiger partial charge on any atom is -0.363 e. The Bertz CT molecular complexity index is 907. The van der Waals surface area contributed by atoms with Gasteiger partial charge in [-0.05, 0) is 25.7 Å². The lowest BCUT2D eigenvalue weighted by Gasteiger charge is -2.30. The Morgan fingerprint density at radius 2 is 2.00 bits per heavy atom. The average molecular weight is 401 g/mol. The van der Waals surface area contributed by atoms with Crippen LogP contribution in [0.25, 0.3) is 11.3 Å². The summed E-state index contributed by atoms with van der Waals surface area (Å²) in [6.07, 6.45) is 9.82. The van der Waals surface area contributed by atoms with Crippen LogP contribution in [0.4, 0.5) is 10.2 Å². The number of carbonyl (C=O) groups excluding carboxylic acids is 1. The maximum atomic E-state index is 15.1. The van der Waals surface area contributed by atoms with Gasteiger partial charge < -0.3 is 16.4 Å². The number of nitrogens with two attached hydrogens (primary N) is 1. The Morgan fingerprint density at radius 1 is 1.24 bits per heavy atom. The molecule has 2 aromatic heterocycles. The van der Waals surface area contributed by atoms with Gasteiger partial charge in [0.15, 0.2) is 11.6 Å². The summed E-state index contributed by atoms with van der Waals surface area (Å²) in [6.45, 7) is 4.18. The predicted molar refractivity (Wildman–Crippen MR) is 110 cm³/mol. The third-order valence-corrected chi connectivity index (χ3v) is 5.83. The summed E-state index contributed by atoms with van der Waals surface area (Å²) in [5, 5.41) is 10.3. The SMILES string of the molecule is CC.NC1CCCCC1Nc1nc(-c2cnn(C3CC3)c2)c2c(c1F)CNC2=O. The normalized spacial score (nSPS) is 23.1. The summed E-state index contributed by atoms with van der Waals surface area (Å²) in [6, 6.07) is 0.402. The standard InChI is InChI=1S/C19H23FN6O.C2H6/c20-16-12-8-22-19(27)15(12)17(10-7-23-26(9-10)11-5-6-11)25-18(16)24-14-4-2-1-3-13(14)21;1-2/h7,9,11,13-14H,1-6,8,21H2,(H,22,27)(H,24,25);1-2H3. The molecule has 0 aromatic carbocycles. The van der Waals surface area contributed by atoms with Crippen LogP contribution in [0.1, 0.15) is 74.3 Å². The molecule has 0 radical (unpaired) electrons. The molecule has 8 heteroatoms. The van der Waals surface area contributed by atoms with Crippen molar-refractivity contribution in [3.05, 3.63) is 29.3 Å². The fourth-order valence-corrected chi connectivity index (χ4v) is 4.10. The first-order chi connectivity index (χ1) is 14.1. The monoisotopic (exact) mass is 400 g/mol. The molecule has 1 aliphatic heterocycles. The molecular weight excluding hydrogens is 371 g/mol. The number of halogens is 1. The lowest BCUT2D eigenvalue weighted by atomic mass is 9.91. The van der Waals surface area contributed by atoms with E-state index >= 15 is 4.39 Å². The highest BCUT2D eigenvalue weighted by Gasteiger charge is 2.33. The van der Waals surface area contributed by atoms with E-state index in [4.69, 9.17) is 5.73 Å². The van der Waals surface area contributed by atoms with Crippen molar-refractivity contribution < 1.29 is 9.18 Å². The molecule has 5 rings (SSSR count). The quantitative estimate of drug-likeness (QED) is 0.731. The number of hydrogen-bond acceptors (Lipinski definition) is 5. The van der Waals surface area contributed by atoms with Crippen LogP contribution in [0, 0.1) is 5.82 Å². The van der Waals surface area contributed by atoms with Crippen molar-refractivity contribution in [3.8, 4) is 11.3 Å². The van der Waals surface area contributed by atoms with Crippen LogP contribution < -0.4 is 16.4 Å². The number of fused-ring (bicyclic) bond motifs is 1. The number of pyridine rings is 1. The van der Waals surface area contributed by atoms with E-state index in [0.29, 0.717) is 22.9 Å². The molecule has 156 valence electrons. The summed E-state index contributed by atoms with van der Waals surface area (Å²) < 4.78 is 17.0. The number of nitrogens with zero attached hydrogens (tertiary/aromatic N) is 3. The van der Waals surface area contributed by atoms with Crippen molar-refractivity contribution in [1.82, 2.24) is 20.1 Å². The lowest BCUT2D eigenvalue weighted by molar-refractivity contribution is 0.0966. The zero-order valence-electron chi connectivity index (χ0n) is 17.0. The van der Waals surface area contributed by atoms with Crippen LogP contribution in [0.5, 0.6) is 0 Å². The second-order valence-corrected chi connectivity index (χ2v) is 7.80.